The minimum absolute atomic E-state index is 0.720. The molecule has 86 valence electrons. The van der Waals surface area contributed by atoms with E-state index in [4.69, 9.17) is 4.42 Å². The number of nitrogens with zero attached hydrogens (tertiary/aromatic N) is 1. The van der Waals surface area contributed by atoms with Crippen LogP contribution in [0.15, 0.2) is 35.3 Å². The molecule has 2 nitrogen and oxygen atoms in total. The molecule has 0 radical (unpaired) electrons. The van der Waals surface area contributed by atoms with Crippen LogP contribution in [0.4, 0.5) is 0 Å². The van der Waals surface area contributed by atoms with Gasteiger partial charge in [-0.05, 0) is 26.7 Å². The van der Waals surface area contributed by atoms with E-state index in [1.807, 2.05) is 38.2 Å². The molecule has 0 bridgehead atoms. The van der Waals surface area contributed by atoms with Gasteiger partial charge in [0.05, 0.1) is 5.69 Å². The molecule has 0 N–H and O–H groups in total. The summed E-state index contributed by atoms with van der Waals surface area (Å²) < 4.78 is 5.59. The van der Waals surface area contributed by atoms with Gasteiger partial charge >= 0.3 is 0 Å². The van der Waals surface area contributed by atoms with Crippen LogP contribution < -0.4 is 0 Å². The first-order valence-electron chi connectivity index (χ1n) is 5.60. The first kappa shape index (κ1) is 12.5. The summed E-state index contributed by atoms with van der Waals surface area (Å²) >= 11 is 0. The molecular formula is C14H19NO. The van der Waals surface area contributed by atoms with Crippen molar-refractivity contribution in [2.45, 2.75) is 33.6 Å². The average molecular weight is 217 g/mol. The summed E-state index contributed by atoms with van der Waals surface area (Å²) in [6, 6.07) is 0. The van der Waals surface area contributed by atoms with E-state index in [1.54, 1.807) is 0 Å². The van der Waals surface area contributed by atoms with Crippen LogP contribution in [0.5, 0.6) is 0 Å². The van der Waals surface area contributed by atoms with E-state index < -0.39 is 0 Å². The fourth-order valence-electron chi connectivity index (χ4n) is 1.38. The van der Waals surface area contributed by atoms with Gasteiger partial charge in [0, 0.05) is 5.57 Å². The zero-order valence-corrected chi connectivity index (χ0v) is 10.3. The smallest absolute Gasteiger partial charge is 0.222 e. The number of hydrogen-bond donors (Lipinski definition) is 0. The summed E-state index contributed by atoms with van der Waals surface area (Å²) in [7, 11) is 0. The van der Waals surface area contributed by atoms with Crippen LogP contribution in [0.3, 0.4) is 0 Å². The van der Waals surface area contributed by atoms with Gasteiger partial charge < -0.3 is 4.42 Å². The molecule has 0 aliphatic carbocycles. The van der Waals surface area contributed by atoms with Crippen LogP contribution in [0.2, 0.25) is 0 Å². The van der Waals surface area contributed by atoms with E-state index in [9.17, 15) is 0 Å². The third-order valence-corrected chi connectivity index (χ3v) is 2.35. The van der Waals surface area contributed by atoms with E-state index in [1.165, 1.54) is 0 Å². The second-order valence-electron chi connectivity index (χ2n) is 3.68. The first-order valence-corrected chi connectivity index (χ1v) is 5.60. The van der Waals surface area contributed by atoms with E-state index in [0.29, 0.717) is 0 Å². The van der Waals surface area contributed by atoms with Crippen LogP contribution in [-0.4, -0.2) is 4.98 Å². The van der Waals surface area contributed by atoms with Gasteiger partial charge in [-0.15, -0.1) is 6.58 Å². The third-order valence-electron chi connectivity index (χ3n) is 2.35. The maximum Gasteiger partial charge on any atom is 0.222 e. The monoisotopic (exact) mass is 217 g/mol. The van der Waals surface area contributed by atoms with Crippen molar-refractivity contribution in [2.75, 3.05) is 0 Å². The highest BCUT2D eigenvalue weighted by atomic mass is 16.4. The van der Waals surface area contributed by atoms with Gasteiger partial charge in [-0.25, -0.2) is 4.98 Å². The predicted octanol–water partition coefficient (Wildman–Crippen LogP) is 4.08. The zero-order chi connectivity index (χ0) is 12.0. The molecule has 1 aromatic rings. The number of allylic oxidation sites excluding steroid dienone is 5. The normalized spacial score (nSPS) is 12.3. The molecule has 0 amide bonds. The van der Waals surface area contributed by atoms with Gasteiger partial charge in [0.1, 0.15) is 5.76 Å². The maximum atomic E-state index is 5.59. The molecule has 0 saturated carbocycles. The summed E-state index contributed by atoms with van der Waals surface area (Å²) in [6.07, 6.45) is 9.72. The molecule has 0 aromatic carbocycles. The standard InChI is InChI=1S/C14H19NO/c1-5-7-8-9-10-11(3)14-15-13(6-2)12(4)16-14/h5,8-10H,1,6-7H2,2-4H3/b9-8?,11-10+. The minimum Gasteiger partial charge on any atom is -0.442 e. The fraction of sp³-hybridized carbons (Fsp3) is 0.357. The van der Waals surface area contributed by atoms with Gasteiger partial charge in [0.2, 0.25) is 5.89 Å². The Morgan fingerprint density at radius 3 is 2.81 bits per heavy atom. The topological polar surface area (TPSA) is 26.0 Å². The number of oxazole rings is 1. The largest absolute Gasteiger partial charge is 0.442 e. The van der Waals surface area contributed by atoms with Crippen molar-refractivity contribution in [3.63, 3.8) is 0 Å². The van der Waals surface area contributed by atoms with Crippen LogP contribution in [0.1, 0.15) is 37.6 Å². The van der Waals surface area contributed by atoms with Gasteiger partial charge in [-0.1, -0.05) is 31.2 Å². The Hall–Kier alpha value is -1.57. The molecule has 1 rings (SSSR count). The lowest BCUT2D eigenvalue weighted by molar-refractivity contribution is 0.511. The molecule has 0 aliphatic heterocycles. The highest BCUT2D eigenvalue weighted by Gasteiger charge is 2.08. The molecule has 1 aromatic heterocycles. The Morgan fingerprint density at radius 1 is 1.50 bits per heavy atom. The van der Waals surface area contributed by atoms with Crippen molar-refractivity contribution in [3.05, 3.63) is 48.2 Å². The lowest BCUT2D eigenvalue weighted by Gasteiger charge is -1.90. The number of aryl methyl sites for hydroxylation is 2. The third kappa shape index (κ3) is 3.23. The predicted molar refractivity (Wildman–Crippen MR) is 68.2 cm³/mol. The number of aromatic nitrogens is 1. The molecule has 0 spiro atoms. The van der Waals surface area contributed by atoms with Gasteiger partial charge in [0.25, 0.3) is 0 Å². The van der Waals surface area contributed by atoms with Crippen molar-refractivity contribution in [3.8, 4) is 0 Å². The van der Waals surface area contributed by atoms with Crippen molar-refractivity contribution in [1.29, 1.82) is 0 Å². The molecule has 0 saturated heterocycles. The highest BCUT2D eigenvalue weighted by Crippen LogP contribution is 2.17. The Labute approximate surface area is 97.4 Å². The van der Waals surface area contributed by atoms with Crippen LogP contribution in [0, 0.1) is 6.92 Å². The van der Waals surface area contributed by atoms with Crippen molar-refractivity contribution in [2.24, 2.45) is 0 Å². The fourth-order valence-corrected chi connectivity index (χ4v) is 1.38. The van der Waals surface area contributed by atoms with Crippen molar-refractivity contribution >= 4 is 5.57 Å². The van der Waals surface area contributed by atoms with Crippen LogP contribution in [-0.2, 0) is 6.42 Å². The molecule has 0 aliphatic rings. The second-order valence-corrected chi connectivity index (χ2v) is 3.68. The Bertz CT molecular complexity index is 410. The molecular weight excluding hydrogens is 198 g/mol. The van der Waals surface area contributed by atoms with E-state index in [2.05, 4.69) is 18.5 Å². The van der Waals surface area contributed by atoms with Crippen LogP contribution >= 0.6 is 0 Å². The second kappa shape index (κ2) is 6.11. The number of rotatable bonds is 5. The quantitative estimate of drug-likeness (QED) is 0.548. The molecule has 0 fully saturated rings. The van der Waals surface area contributed by atoms with Crippen LogP contribution in [0.25, 0.3) is 5.57 Å². The minimum atomic E-state index is 0.720. The first-order chi connectivity index (χ1) is 7.69. The number of hydrogen-bond acceptors (Lipinski definition) is 2. The summed E-state index contributed by atoms with van der Waals surface area (Å²) in [6.45, 7) is 9.70. The van der Waals surface area contributed by atoms with Gasteiger partial charge in [0.15, 0.2) is 0 Å². The van der Waals surface area contributed by atoms with Gasteiger partial charge in [-0.3, -0.25) is 0 Å². The maximum absolute atomic E-state index is 5.59. The lowest BCUT2D eigenvalue weighted by Crippen LogP contribution is -1.83. The van der Waals surface area contributed by atoms with E-state index in [-0.39, 0.29) is 0 Å². The Kier molecular flexibility index (Phi) is 4.77. The van der Waals surface area contributed by atoms with E-state index in [0.717, 1.165) is 35.8 Å². The summed E-state index contributed by atoms with van der Waals surface area (Å²) in [5, 5.41) is 0. The SMILES string of the molecule is C=CCC=C/C=C(\C)c1nc(CC)c(C)o1. The van der Waals surface area contributed by atoms with E-state index >= 15 is 0 Å². The van der Waals surface area contributed by atoms with Crippen molar-refractivity contribution in [1.82, 2.24) is 4.98 Å². The lowest BCUT2D eigenvalue weighted by atomic mass is 10.2. The molecule has 0 unspecified atom stereocenters. The highest BCUT2D eigenvalue weighted by molar-refractivity contribution is 5.58. The average Bonchev–Trinajstić information content (AvgIpc) is 2.66. The Balaban J connectivity index is 2.79. The Morgan fingerprint density at radius 2 is 2.25 bits per heavy atom. The molecule has 0 atom stereocenters. The molecule has 16 heavy (non-hydrogen) atoms. The summed E-state index contributed by atoms with van der Waals surface area (Å²) in [5.41, 5.74) is 2.08. The molecule has 2 heteroatoms. The van der Waals surface area contributed by atoms with Crippen molar-refractivity contribution < 1.29 is 4.42 Å². The summed E-state index contributed by atoms with van der Waals surface area (Å²) in [4.78, 5) is 4.44. The van der Waals surface area contributed by atoms with Gasteiger partial charge in [-0.2, -0.15) is 0 Å². The molecule has 1 heterocycles. The summed E-state index contributed by atoms with van der Waals surface area (Å²) in [5.74, 6) is 1.64. The zero-order valence-electron chi connectivity index (χ0n) is 10.3.